The minimum absolute atomic E-state index is 0.163. The molecule has 1 unspecified atom stereocenters. The quantitative estimate of drug-likeness (QED) is 0.837. The van der Waals surface area contributed by atoms with Crippen molar-refractivity contribution in [2.24, 2.45) is 23.2 Å². The topological polar surface area (TPSA) is 69.6 Å². The minimum atomic E-state index is -4.61. The summed E-state index contributed by atoms with van der Waals surface area (Å²) in [6.07, 6.45) is -3.65. The molecule has 0 aromatic rings. The number of alkyl halides is 3. The number of carboxylic acids is 1. The van der Waals surface area contributed by atoms with Crippen LogP contribution in [0, 0.1) is 23.2 Å². The Labute approximate surface area is 120 Å². The van der Waals surface area contributed by atoms with Gasteiger partial charge in [0.15, 0.2) is 0 Å². The maximum atomic E-state index is 12.8. The van der Waals surface area contributed by atoms with E-state index in [0.29, 0.717) is 12.5 Å². The molecule has 0 radical (unpaired) electrons. The Hall–Kier alpha value is -1.47. The molecule has 8 heteroatoms. The molecule has 1 saturated carbocycles. The molecule has 2 rings (SSSR count). The Morgan fingerprint density at radius 1 is 1.33 bits per heavy atom. The predicted octanol–water partition coefficient (Wildman–Crippen LogP) is 1.94. The number of amides is 2. The normalized spacial score (nSPS) is 31.1. The number of hydrogen-bond acceptors (Lipinski definition) is 2. The van der Waals surface area contributed by atoms with E-state index >= 15 is 0 Å². The van der Waals surface area contributed by atoms with Gasteiger partial charge in [-0.25, -0.2) is 4.79 Å². The Kier molecular flexibility index (Phi) is 3.84. The molecule has 21 heavy (non-hydrogen) atoms. The predicted molar refractivity (Wildman–Crippen MR) is 67.5 cm³/mol. The fourth-order valence-electron chi connectivity index (χ4n) is 2.80. The lowest BCUT2D eigenvalue weighted by molar-refractivity contribution is -0.187. The molecule has 1 aliphatic carbocycles. The molecule has 1 aliphatic heterocycles. The van der Waals surface area contributed by atoms with E-state index in [-0.39, 0.29) is 5.41 Å². The maximum absolute atomic E-state index is 12.8. The molecule has 2 N–H and O–H groups in total. The summed E-state index contributed by atoms with van der Waals surface area (Å²) in [7, 11) is 0. The third-order valence-electron chi connectivity index (χ3n) is 4.56. The zero-order valence-electron chi connectivity index (χ0n) is 11.9. The number of urea groups is 1. The van der Waals surface area contributed by atoms with Gasteiger partial charge in [-0.1, -0.05) is 13.8 Å². The van der Waals surface area contributed by atoms with E-state index in [9.17, 15) is 22.8 Å². The Morgan fingerprint density at radius 2 is 1.90 bits per heavy atom. The molecule has 2 fully saturated rings. The van der Waals surface area contributed by atoms with Gasteiger partial charge in [0.1, 0.15) is 0 Å². The lowest BCUT2D eigenvalue weighted by atomic mass is 9.96. The van der Waals surface area contributed by atoms with Crippen molar-refractivity contribution < 1.29 is 27.9 Å². The second-order valence-electron chi connectivity index (χ2n) is 6.57. The summed E-state index contributed by atoms with van der Waals surface area (Å²) in [6, 6.07) is -0.615. The summed E-state index contributed by atoms with van der Waals surface area (Å²) < 4.78 is 38.4. The van der Waals surface area contributed by atoms with Gasteiger partial charge in [0.25, 0.3) is 0 Å². The second kappa shape index (κ2) is 5.06. The van der Waals surface area contributed by atoms with Gasteiger partial charge in [-0.2, -0.15) is 13.2 Å². The zero-order valence-corrected chi connectivity index (χ0v) is 11.9. The van der Waals surface area contributed by atoms with Crippen LogP contribution in [0.2, 0.25) is 0 Å². The number of aliphatic carboxylic acids is 1. The van der Waals surface area contributed by atoms with Crippen molar-refractivity contribution in [3.8, 4) is 0 Å². The Balaban J connectivity index is 1.92. The first-order valence-electron chi connectivity index (χ1n) is 6.84. The Morgan fingerprint density at radius 3 is 2.29 bits per heavy atom. The molecule has 1 heterocycles. The van der Waals surface area contributed by atoms with Crippen LogP contribution in [0.4, 0.5) is 18.0 Å². The van der Waals surface area contributed by atoms with E-state index < -0.39 is 43.1 Å². The highest BCUT2D eigenvalue weighted by Gasteiger charge is 2.53. The summed E-state index contributed by atoms with van der Waals surface area (Å²) in [4.78, 5) is 23.8. The largest absolute Gasteiger partial charge is 0.481 e. The highest BCUT2D eigenvalue weighted by Crippen LogP contribution is 2.51. The van der Waals surface area contributed by atoms with E-state index in [1.165, 1.54) is 0 Å². The standard InChI is InChI=1S/C13H19F3N2O3/c1-12(2)3-7(12)4-17-11(21)18-5-8(10(19)20)9(6-18)13(14,15)16/h7-9H,3-6H2,1-2H3,(H,17,21)(H,19,20)/t7?,8-,9-/m1/s1. The molecule has 0 aromatic heterocycles. The summed E-state index contributed by atoms with van der Waals surface area (Å²) in [5.74, 6) is -4.78. The van der Waals surface area contributed by atoms with Gasteiger partial charge in [0.2, 0.25) is 0 Å². The minimum Gasteiger partial charge on any atom is -0.481 e. The number of likely N-dealkylation sites (tertiary alicyclic amines) is 1. The van der Waals surface area contributed by atoms with E-state index in [2.05, 4.69) is 19.2 Å². The van der Waals surface area contributed by atoms with Crippen LogP contribution in [0.5, 0.6) is 0 Å². The molecule has 1 saturated heterocycles. The zero-order chi connectivity index (χ0) is 16.0. The molecule has 3 atom stereocenters. The monoisotopic (exact) mass is 308 g/mol. The van der Waals surface area contributed by atoms with Gasteiger partial charge < -0.3 is 15.3 Å². The summed E-state index contributed by atoms with van der Waals surface area (Å²) in [5, 5.41) is 11.5. The summed E-state index contributed by atoms with van der Waals surface area (Å²) >= 11 is 0. The van der Waals surface area contributed by atoms with E-state index in [0.717, 1.165) is 11.3 Å². The van der Waals surface area contributed by atoms with Crippen molar-refractivity contribution >= 4 is 12.0 Å². The smallest absolute Gasteiger partial charge is 0.394 e. The molecule has 0 spiro atoms. The van der Waals surface area contributed by atoms with Crippen molar-refractivity contribution in [3.63, 3.8) is 0 Å². The van der Waals surface area contributed by atoms with E-state index in [4.69, 9.17) is 5.11 Å². The third kappa shape index (κ3) is 3.41. The van der Waals surface area contributed by atoms with Crippen LogP contribution < -0.4 is 5.32 Å². The van der Waals surface area contributed by atoms with Crippen LogP contribution in [0.15, 0.2) is 0 Å². The third-order valence-corrected chi connectivity index (χ3v) is 4.56. The maximum Gasteiger partial charge on any atom is 0.394 e. The van der Waals surface area contributed by atoms with Crippen molar-refractivity contribution in [1.82, 2.24) is 10.2 Å². The first-order chi connectivity index (χ1) is 9.52. The second-order valence-corrected chi connectivity index (χ2v) is 6.57. The Bertz CT molecular complexity index is 450. The van der Waals surface area contributed by atoms with Gasteiger partial charge >= 0.3 is 18.2 Å². The number of carboxylic acid groups (broad SMARTS) is 1. The van der Waals surface area contributed by atoms with Crippen LogP contribution in [-0.2, 0) is 4.79 Å². The summed E-state index contributed by atoms with van der Waals surface area (Å²) in [5.41, 5.74) is 0.163. The average Bonchev–Trinajstić information content (AvgIpc) is 2.77. The average molecular weight is 308 g/mol. The molecule has 2 aliphatic rings. The number of halogens is 3. The van der Waals surface area contributed by atoms with Crippen molar-refractivity contribution in [2.75, 3.05) is 19.6 Å². The number of carbonyl (C=O) groups is 2. The number of nitrogens with one attached hydrogen (secondary N) is 1. The fraction of sp³-hybridized carbons (Fsp3) is 0.846. The number of nitrogens with zero attached hydrogens (tertiary/aromatic N) is 1. The summed E-state index contributed by atoms with van der Waals surface area (Å²) in [6.45, 7) is 3.52. The van der Waals surface area contributed by atoms with Gasteiger partial charge in [-0.05, 0) is 17.8 Å². The first-order valence-corrected chi connectivity index (χ1v) is 6.84. The highest BCUT2D eigenvalue weighted by atomic mass is 19.4. The molecule has 120 valence electrons. The molecule has 0 bridgehead atoms. The molecule has 2 amide bonds. The van der Waals surface area contributed by atoms with Crippen LogP contribution in [0.3, 0.4) is 0 Å². The number of hydrogen-bond donors (Lipinski definition) is 2. The van der Waals surface area contributed by atoms with Crippen LogP contribution in [0.1, 0.15) is 20.3 Å². The van der Waals surface area contributed by atoms with Gasteiger partial charge in [-0.3, -0.25) is 4.79 Å². The van der Waals surface area contributed by atoms with Gasteiger partial charge in [-0.15, -0.1) is 0 Å². The van der Waals surface area contributed by atoms with Crippen LogP contribution >= 0.6 is 0 Å². The first kappa shape index (κ1) is 15.9. The van der Waals surface area contributed by atoms with Gasteiger partial charge in [0, 0.05) is 19.6 Å². The van der Waals surface area contributed by atoms with Crippen molar-refractivity contribution in [3.05, 3.63) is 0 Å². The molecular formula is C13H19F3N2O3. The lowest BCUT2D eigenvalue weighted by Crippen LogP contribution is -2.40. The highest BCUT2D eigenvalue weighted by molar-refractivity contribution is 5.77. The molecule has 5 nitrogen and oxygen atoms in total. The van der Waals surface area contributed by atoms with E-state index in [1.54, 1.807) is 0 Å². The fourth-order valence-corrected chi connectivity index (χ4v) is 2.80. The van der Waals surface area contributed by atoms with Crippen LogP contribution in [-0.4, -0.2) is 47.8 Å². The van der Waals surface area contributed by atoms with Crippen LogP contribution in [0.25, 0.3) is 0 Å². The van der Waals surface area contributed by atoms with Crippen molar-refractivity contribution in [1.29, 1.82) is 0 Å². The van der Waals surface area contributed by atoms with Gasteiger partial charge in [0.05, 0.1) is 11.8 Å². The SMILES string of the molecule is CC1(C)CC1CNC(=O)N1C[C@@H](C(F)(F)F)[C@H](C(=O)O)C1. The number of carbonyl (C=O) groups excluding carboxylic acids is 1. The van der Waals surface area contributed by atoms with E-state index in [1.807, 2.05) is 0 Å². The molecular weight excluding hydrogens is 289 g/mol. The molecule has 0 aromatic carbocycles. The van der Waals surface area contributed by atoms with Crippen molar-refractivity contribution in [2.45, 2.75) is 26.4 Å². The lowest BCUT2D eigenvalue weighted by Gasteiger charge is -2.19. The number of rotatable bonds is 3.